The van der Waals surface area contributed by atoms with Gasteiger partial charge in [-0.3, -0.25) is 4.90 Å². The second kappa shape index (κ2) is 4.51. The first kappa shape index (κ1) is 11.9. The van der Waals surface area contributed by atoms with Crippen LogP contribution >= 0.6 is 0 Å². The number of fused-ring (bicyclic) bond motifs is 3. The highest BCUT2D eigenvalue weighted by molar-refractivity contribution is 5.88. The normalized spacial score (nSPS) is 14.4. The van der Waals surface area contributed by atoms with Crippen LogP contribution in [-0.2, 0) is 17.8 Å². The summed E-state index contributed by atoms with van der Waals surface area (Å²) in [6, 6.07) is 8.15. The number of ether oxygens (including phenoxy) is 1. The van der Waals surface area contributed by atoms with Crippen molar-refractivity contribution in [1.82, 2.24) is 14.5 Å². The first-order valence-electron chi connectivity index (χ1n) is 6.12. The van der Waals surface area contributed by atoms with Crippen LogP contribution in [0.2, 0.25) is 0 Å². The van der Waals surface area contributed by atoms with E-state index in [1.165, 1.54) is 12.7 Å². The molecule has 1 aromatic carbocycles. The Kier molecular flexibility index (Phi) is 2.83. The van der Waals surface area contributed by atoms with Crippen LogP contribution in [0.25, 0.3) is 5.69 Å². The van der Waals surface area contributed by atoms with Gasteiger partial charge < -0.3 is 9.30 Å². The summed E-state index contributed by atoms with van der Waals surface area (Å²) in [6.07, 6.45) is 1.69. The van der Waals surface area contributed by atoms with Gasteiger partial charge in [0.05, 0.1) is 18.5 Å². The Hall–Kier alpha value is -2.14. The molecule has 0 aliphatic carbocycles. The Morgan fingerprint density at radius 1 is 1.32 bits per heavy atom. The van der Waals surface area contributed by atoms with E-state index in [2.05, 4.69) is 16.0 Å². The van der Waals surface area contributed by atoms with Crippen molar-refractivity contribution >= 4 is 5.97 Å². The Morgan fingerprint density at radius 3 is 2.89 bits per heavy atom. The number of nitrogens with zero attached hydrogens (tertiary/aromatic N) is 3. The second-order valence-corrected chi connectivity index (χ2v) is 4.70. The van der Waals surface area contributed by atoms with E-state index in [0.29, 0.717) is 12.2 Å². The van der Waals surface area contributed by atoms with Gasteiger partial charge in [-0.05, 0) is 18.7 Å². The molecule has 19 heavy (non-hydrogen) atoms. The van der Waals surface area contributed by atoms with Crippen molar-refractivity contribution < 1.29 is 9.53 Å². The van der Waals surface area contributed by atoms with Gasteiger partial charge in [0, 0.05) is 13.1 Å². The van der Waals surface area contributed by atoms with E-state index in [1.54, 1.807) is 6.33 Å². The first-order valence-corrected chi connectivity index (χ1v) is 6.12. The van der Waals surface area contributed by atoms with Crippen molar-refractivity contribution in [2.24, 2.45) is 0 Å². The number of carbonyl (C=O) groups is 1. The molecule has 1 aliphatic heterocycles. The SMILES string of the molecule is COC(=O)c1ncn2c1CN(C)Cc1ccccc1-2. The highest BCUT2D eigenvalue weighted by Crippen LogP contribution is 2.25. The van der Waals surface area contributed by atoms with Crippen molar-refractivity contribution in [1.29, 1.82) is 0 Å². The predicted octanol–water partition coefficient (Wildman–Crippen LogP) is 1.60. The quantitative estimate of drug-likeness (QED) is 0.728. The standard InChI is InChI=1S/C14H15N3O2/c1-16-7-10-5-3-4-6-11(10)17-9-15-13(12(17)8-16)14(18)19-2/h3-6,9H,7-8H2,1-2H3. The van der Waals surface area contributed by atoms with Crippen LogP contribution < -0.4 is 0 Å². The molecule has 0 spiro atoms. The average molecular weight is 257 g/mol. The molecule has 98 valence electrons. The molecule has 0 unspecified atom stereocenters. The lowest BCUT2D eigenvalue weighted by molar-refractivity contribution is 0.0592. The maximum Gasteiger partial charge on any atom is 0.358 e. The highest BCUT2D eigenvalue weighted by Gasteiger charge is 2.24. The summed E-state index contributed by atoms with van der Waals surface area (Å²) >= 11 is 0. The molecule has 5 heteroatoms. The molecule has 0 bridgehead atoms. The minimum absolute atomic E-state index is 0.387. The van der Waals surface area contributed by atoms with Crippen LogP contribution in [-0.4, -0.2) is 34.6 Å². The molecule has 0 amide bonds. The summed E-state index contributed by atoms with van der Waals surface area (Å²) in [5, 5.41) is 0. The summed E-state index contributed by atoms with van der Waals surface area (Å²) in [5.74, 6) is -0.387. The number of methoxy groups -OCH3 is 1. The molecule has 0 atom stereocenters. The van der Waals surface area contributed by atoms with E-state index in [4.69, 9.17) is 4.74 Å². The summed E-state index contributed by atoms with van der Waals surface area (Å²) in [4.78, 5) is 18.1. The number of hydrogen-bond acceptors (Lipinski definition) is 4. The van der Waals surface area contributed by atoms with E-state index in [9.17, 15) is 4.79 Å². The fourth-order valence-corrected chi connectivity index (χ4v) is 2.48. The van der Waals surface area contributed by atoms with Crippen LogP contribution in [0, 0.1) is 0 Å². The Labute approximate surface area is 111 Å². The van der Waals surface area contributed by atoms with Gasteiger partial charge in [0.15, 0.2) is 5.69 Å². The largest absolute Gasteiger partial charge is 0.464 e. The Balaban J connectivity index is 2.20. The van der Waals surface area contributed by atoms with Crippen LogP contribution in [0.15, 0.2) is 30.6 Å². The van der Waals surface area contributed by atoms with Gasteiger partial charge in [0.2, 0.25) is 0 Å². The topological polar surface area (TPSA) is 47.4 Å². The van der Waals surface area contributed by atoms with Crippen molar-refractivity contribution in [2.45, 2.75) is 13.1 Å². The summed E-state index contributed by atoms with van der Waals surface area (Å²) in [5.41, 5.74) is 3.56. The molecule has 0 N–H and O–H groups in total. The fraction of sp³-hybridized carbons (Fsp3) is 0.286. The molecular formula is C14H15N3O2. The first-order chi connectivity index (χ1) is 9.20. The van der Waals surface area contributed by atoms with Gasteiger partial charge in [-0.15, -0.1) is 0 Å². The van der Waals surface area contributed by atoms with Gasteiger partial charge in [-0.25, -0.2) is 9.78 Å². The van der Waals surface area contributed by atoms with Crippen molar-refractivity contribution in [3.05, 3.63) is 47.5 Å². The molecule has 5 nitrogen and oxygen atoms in total. The fourth-order valence-electron chi connectivity index (χ4n) is 2.48. The summed E-state index contributed by atoms with van der Waals surface area (Å²) in [6.45, 7) is 1.51. The van der Waals surface area contributed by atoms with Gasteiger partial charge in [-0.1, -0.05) is 18.2 Å². The van der Waals surface area contributed by atoms with Gasteiger partial charge >= 0.3 is 5.97 Å². The number of para-hydroxylation sites is 1. The molecule has 2 aromatic rings. The maximum absolute atomic E-state index is 11.8. The molecule has 1 aliphatic rings. The molecule has 0 fully saturated rings. The monoisotopic (exact) mass is 257 g/mol. The number of hydrogen-bond donors (Lipinski definition) is 0. The smallest absolute Gasteiger partial charge is 0.358 e. The molecular weight excluding hydrogens is 242 g/mol. The number of aromatic nitrogens is 2. The highest BCUT2D eigenvalue weighted by atomic mass is 16.5. The zero-order valence-electron chi connectivity index (χ0n) is 11.0. The molecule has 1 aromatic heterocycles. The third-order valence-electron chi connectivity index (χ3n) is 3.36. The molecule has 0 radical (unpaired) electrons. The number of benzene rings is 1. The van der Waals surface area contributed by atoms with Crippen molar-refractivity contribution in [3.63, 3.8) is 0 Å². The predicted molar refractivity (Wildman–Crippen MR) is 70.1 cm³/mol. The van der Waals surface area contributed by atoms with E-state index in [0.717, 1.165) is 17.9 Å². The second-order valence-electron chi connectivity index (χ2n) is 4.70. The van der Waals surface area contributed by atoms with Crippen LogP contribution in [0.1, 0.15) is 21.7 Å². The van der Waals surface area contributed by atoms with Crippen LogP contribution in [0.5, 0.6) is 0 Å². The lowest BCUT2D eigenvalue weighted by Gasteiger charge is -2.13. The zero-order valence-corrected chi connectivity index (χ0v) is 11.0. The number of carbonyl (C=O) groups excluding carboxylic acids is 1. The van der Waals surface area contributed by atoms with E-state index in [1.807, 2.05) is 29.8 Å². The lowest BCUT2D eigenvalue weighted by Crippen LogP contribution is -2.18. The number of rotatable bonds is 1. The van der Waals surface area contributed by atoms with Gasteiger partial charge in [0.1, 0.15) is 6.33 Å². The van der Waals surface area contributed by atoms with E-state index in [-0.39, 0.29) is 5.97 Å². The van der Waals surface area contributed by atoms with E-state index < -0.39 is 0 Å². The third kappa shape index (κ3) is 1.92. The maximum atomic E-state index is 11.8. The minimum atomic E-state index is -0.387. The zero-order chi connectivity index (χ0) is 13.4. The molecule has 0 saturated heterocycles. The third-order valence-corrected chi connectivity index (χ3v) is 3.36. The number of imidazole rings is 1. The molecule has 3 rings (SSSR count). The molecule has 2 heterocycles. The Bertz CT molecular complexity index is 633. The number of esters is 1. The molecule has 0 saturated carbocycles. The van der Waals surface area contributed by atoms with E-state index >= 15 is 0 Å². The Morgan fingerprint density at radius 2 is 2.11 bits per heavy atom. The summed E-state index contributed by atoms with van der Waals surface area (Å²) in [7, 11) is 3.41. The van der Waals surface area contributed by atoms with Gasteiger partial charge in [0.25, 0.3) is 0 Å². The van der Waals surface area contributed by atoms with Crippen LogP contribution in [0.3, 0.4) is 0 Å². The minimum Gasteiger partial charge on any atom is -0.464 e. The van der Waals surface area contributed by atoms with Crippen LogP contribution in [0.4, 0.5) is 0 Å². The summed E-state index contributed by atoms with van der Waals surface area (Å²) < 4.78 is 6.77. The average Bonchev–Trinajstić information content (AvgIpc) is 2.76. The van der Waals surface area contributed by atoms with Crippen molar-refractivity contribution in [3.8, 4) is 5.69 Å². The van der Waals surface area contributed by atoms with Crippen molar-refractivity contribution in [2.75, 3.05) is 14.2 Å². The lowest BCUT2D eigenvalue weighted by atomic mass is 10.2. The van der Waals surface area contributed by atoms with Gasteiger partial charge in [-0.2, -0.15) is 0 Å².